The van der Waals surface area contributed by atoms with Crippen LogP contribution in [0, 0.1) is 0 Å². The van der Waals surface area contributed by atoms with Crippen LogP contribution in [-0.4, -0.2) is 25.2 Å². The zero-order valence-corrected chi connectivity index (χ0v) is 8.14. The normalized spacial score (nSPS) is 19.6. The minimum absolute atomic E-state index is 0.0392. The van der Waals surface area contributed by atoms with E-state index in [1.807, 2.05) is 0 Å². The van der Waals surface area contributed by atoms with Crippen molar-refractivity contribution in [1.29, 1.82) is 0 Å². The Labute approximate surface area is 79.2 Å². The lowest BCUT2D eigenvalue weighted by atomic mass is 10.2. The van der Waals surface area contributed by atoms with Gasteiger partial charge in [0.2, 0.25) is 5.91 Å². The smallest absolute Gasteiger partial charge is 0.246 e. The topological polar surface area (TPSA) is 41.6 Å². The van der Waals surface area contributed by atoms with Crippen LogP contribution in [0.1, 0.15) is 26.2 Å². The van der Waals surface area contributed by atoms with Gasteiger partial charge in [-0.1, -0.05) is 6.58 Å². The average molecular weight is 183 g/mol. The molecule has 0 radical (unpaired) electrons. The van der Waals surface area contributed by atoms with Gasteiger partial charge in [0, 0.05) is 12.1 Å². The van der Waals surface area contributed by atoms with E-state index in [0.717, 1.165) is 32.4 Å². The van der Waals surface area contributed by atoms with E-state index in [0.29, 0.717) is 11.7 Å². The molecule has 0 spiro atoms. The number of nitrogens with one attached hydrogen (secondary N) is 1. The maximum atomic E-state index is 11.0. The van der Waals surface area contributed by atoms with Crippen molar-refractivity contribution in [2.24, 2.45) is 0 Å². The number of carbonyl (C=O) groups excluding carboxylic acids is 1. The lowest BCUT2D eigenvalue weighted by Crippen LogP contribution is -2.24. The van der Waals surface area contributed by atoms with Crippen LogP contribution in [0.5, 0.6) is 0 Å². The van der Waals surface area contributed by atoms with E-state index in [-0.39, 0.29) is 5.91 Å². The summed E-state index contributed by atoms with van der Waals surface area (Å²) in [6, 6.07) is 0. The highest BCUT2D eigenvalue weighted by atomic mass is 16.6. The summed E-state index contributed by atoms with van der Waals surface area (Å²) in [6.07, 6.45) is 3.79. The van der Waals surface area contributed by atoms with E-state index >= 15 is 0 Å². The van der Waals surface area contributed by atoms with Crippen molar-refractivity contribution in [1.82, 2.24) is 5.32 Å². The average Bonchev–Trinajstić information content (AvgIpc) is 2.87. The Balaban J connectivity index is 1.87. The molecule has 1 saturated heterocycles. The molecule has 0 aromatic carbocycles. The molecule has 1 amide bonds. The molecule has 0 aromatic rings. The molecule has 1 heterocycles. The lowest BCUT2D eigenvalue weighted by molar-refractivity contribution is -0.117. The number of carbonyl (C=O) groups is 1. The number of unbranched alkanes of at least 4 members (excludes halogenated alkanes) is 1. The standard InChI is InChI=1S/C10H17NO2/c1-8(2)10(12)11-6-4-3-5-9-7-13-9/h9H,1,3-7H2,2H3,(H,11,12). The van der Waals surface area contributed by atoms with Crippen molar-refractivity contribution >= 4 is 5.91 Å². The third kappa shape index (κ3) is 4.68. The molecular formula is C10H17NO2. The van der Waals surface area contributed by atoms with E-state index < -0.39 is 0 Å². The first-order valence-corrected chi connectivity index (χ1v) is 4.75. The van der Waals surface area contributed by atoms with Crippen molar-refractivity contribution in [2.75, 3.05) is 13.2 Å². The summed E-state index contributed by atoms with van der Waals surface area (Å²) in [5.41, 5.74) is 0.575. The number of rotatable bonds is 6. The molecule has 0 saturated carbocycles. The van der Waals surface area contributed by atoms with Gasteiger partial charge in [0.1, 0.15) is 0 Å². The summed E-state index contributed by atoms with van der Waals surface area (Å²) in [7, 11) is 0. The van der Waals surface area contributed by atoms with Crippen molar-refractivity contribution in [3.8, 4) is 0 Å². The molecule has 1 rings (SSSR count). The highest BCUT2D eigenvalue weighted by molar-refractivity contribution is 5.91. The van der Waals surface area contributed by atoms with Crippen LogP contribution in [0.4, 0.5) is 0 Å². The molecule has 3 nitrogen and oxygen atoms in total. The van der Waals surface area contributed by atoms with Gasteiger partial charge in [-0.3, -0.25) is 4.79 Å². The molecule has 3 heteroatoms. The molecule has 1 atom stereocenters. The monoisotopic (exact) mass is 183 g/mol. The van der Waals surface area contributed by atoms with Crippen LogP contribution in [0.3, 0.4) is 0 Å². The van der Waals surface area contributed by atoms with Crippen LogP contribution in [0.25, 0.3) is 0 Å². The highest BCUT2D eigenvalue weighted by Crippen LogP contribution is 2.15. The SMILES string of the molecule is C=C(C)C(=O)NCCCCC1CO1. The van der Waals surface area contributed by atoms with E-state index in [1.165, 1.54) is 0 Å². The van der Waals surface area contributed by atoms with Gasteiger partial charge in [0.25, 0.3) is 0 Å². The molecular weight excluding hydrogens is 166 g/mol. The van der Waals surface area contributed by atoms with Gasteiger partial charge in [0.05, 0.1) is 12.7 Å². The second-order valence-electron chi connectivity index (χ2n) is 3.49. The fraction of sp³-hybridized carbons (Fsp3) is 0.700. The fourth-order valence-corrected chi connectivity index (χ4v) is 1.08. The molecule has 13 heavy (non-hydrogen) atoms. The number of hydrogen-bond acceptors (Lipinski definition) is 2. The predicted molar refractivity (Wildman–Crippen MR) is 51.4 cm³/mol. The summed E-state index contributed by atoms with van der Waals surface area (Å²) in [5, 5.41) is 2.80. The van der Waals surface area contributed by atoms with Crippen molar-refractivity contribution in [3.05, 3.63) is 12.2 Å². The summed E-state index contributed by atoms with van der Waals surface area (Å²) in [6.45, 7) is 6.95. The third-order valence-corrected chi connectivity index (χ3v) is 2.03. The molecule has 1 N–H and O–H groups in total. The van der Waals surface area contributed by atoms with Crippen LogP contribution in [0.2, 0.25) is 0 Å². The zero-order chi connectivity index (χ0) is 9.68. The molecule has 1 aliphatic rings. The van der Waals surface area contributed by atoms with Crippen molar-refractivity contribution in [3.63, 3.8) is 0 Å². The van der Waals surface area contributed by atoms with Crippen molar-refractivity contribution in [2.45, 2.75) is 32.3 Å². The van der Waals surface area contributed by atoms with Crippen molar-refractivity contribution < 1.29 is 9.53 Å². The molecule has 0 aromatic heterocycles. The van der Waals surface area contributed by atoms with E-state index in [1.54, 1.807) is 6.92 Å². The van der Waals surface area contributed by atoms with Gasteiger partial charge < -0.3 is 10.1 Å². The van der Waals surface area contributed by atoms with Gasteiger partial charge in [-0.2, -0.15) is 0 Å². The van der Waals surface area contributed by atoms with Gasteiger partial charge in [-0.05, 0) is 26.2 Å². The quantitative estimate of drug-likeness (QED) is 0.382. The zero-order valence-electron chi connectivity index (χ0n) is 8.14. The second kappa shape index (κ2) is 5.02. The highest BCUT2D eigenvalue weighted by Gasteiger charge is 2.20. The number of ether oxygens (including phenoxy) is 1. The number of epoxide rings is 1. The number of hydrogen-bond donors (Lipinski definition) is 1. The molecule has 74 valence electrons. The minimum atomic E-state index is -0.0392. The second-order valence-corrected chi connectivity index (χ2v) is 3.49. The first-order chi connectivity index (χ1) is 6.20. The minimum Gasteiger partial charge on any atom is -0.373 e. The summed E-state index contributed by atoms with van der Waals surface area (Å²) >= 11 is 0. The van der Waals surface area contributed by atoms with Crippen LogP contribution in [-0.2, 0) is 9.53 Å². The van der Waals surface area contributed by atoms with Crippen LogP contribution < -0.4 is 5.32 Å². The number of amides is 1. The Bertz CT molecular complexity index is 197. The Morgan fingerprint density at radius 1 is 1.62 bits per heavy atom. The maximum absolute atomic E-state index is 11.0. The van der Waals surface area contributed by atoms with Crippen LogP contribution in [0.15, 0.2) is 12.2 Å². The van der Waals surface area contributed by atoms with E-state index in [2.05, 4.69) is 11.9 Å². The van der Waals surface area contributed by atoms with E-state index in [4.69, 9.17) is 4.74 Å². The Kier molecular flexibility index (Phi) is 3.96. The van der Waals surface area contributed by atoms with Gasteiger partial charge in [-0.25, -0.2) is 0 Å². The molecule has 1 unspecified atom stereocenters. The Morgan fingerprint density at radius 3 is 2.85 bits per heavy atom. The maximum Gasteiger partial charge on any atom is 0.246 e. The summed E-state index contributed by atoms with van der Waals surface area (Å²) < 4.78 is 5.07. The van der Waals surface area contributed by atoms with Crippen LogP contribution >= 0.6 is 0 Å². The molecule has 1 aliphatic heterocycles. The Hall–Kier alpha value is -0.830. The first-order valence-electron chi connectivity index (χ1n) is 4.75. The molecule has 0 bridgehead atoms. The summed E-state index contributed by atoms with van der Waals surface area (Å²) in [4.78, 5) is 11.0. The lowest BCUT2D eigenvalue weighted by Gasteiger charge is -2.03. The van der Waals surface area contributed by atoms with Gasteiger partial charge in [-0.15, -0.1) is 0 Å². The first kappa shape index (κ1) is 10.3. The summed E-state index contributed by atoms with van der Waals surface area (Å²) in [5.74, 6) is -0.0392. The predicted octanol–water partition coefficient (Wildman–Crippen LogP) is 1.25. The Morgan fingerprint density at radius 2 is 2.31 bits per heavy atom. The molecule has 0 aliphatic carbocycles. The largest absolute Gasteiger partial charge is 0.373 e. The third-order valence-electron chi connectivity index (χ3n) is 2.03. The van der Waals surface area contributed by atoms with Gasteiger partial charge >= 0.3 is 0 Å². The van der Waals surface area contributed by atoms with Gasteiger partial charge in [0.15, 0.2) is 0 Å². The fourth-order valence-electron chi connectivity index (χ4n) is 1.08. The van der Waals surface area contributed by atoms with E-state index in [9.17, 15) is 4.79 Å². The molecule has 1 fully saturated rings.